The highest BCUT2D eigenvalue weighted by molar-refractivity contribution is 7.11. The van der Waals surface area contributed by atoms with E-state index >= 15 is 0 Å². The van der Waals surface area contributed by atoms with Gasteiger partial charge in [0.15, 0.2) is 0 Å². The number of rotatable bonds is 5. The van der Waals surface area contributed by atoms with Gasteiger partial charge in [-0.15, -0.1) is 11.3 Å². The van der Waals surface area contributed by atoms with E-state index in [1.54, 1.807) is 25.3 Å². The summed E-state index contributed by atoms with van der Waals surface area (Å²) in [6.45, 7) is 0. The van der Waals surface area contributed by atoms with Crippen molar-refractivity contribution < 1.29 is 19.1 Å². The monoisotopic (exact) mass is 344 g/mol. The normalized spacial score (nSPS) is 14.4. The molecule has 1 aromatic heterocycles. The van der Waals surface area contributed by atoms with Crippen molar-refractivity contribution in [2.24, 2.45) is 0 Å². The maximum atomic E-state index is 12.5. The van der Waals surface area contributed by atoms with E-state index in [0.717, 1.165) is 9.78 Å². The minimum absolute atomic E-state index is 0.233. The lowest BCUT2D eigenvalue weighted by Gasteiger charge is -2.13. The molecule has 24 heavy (non-hydrogen) atoms. The molecule has 1 aliphatic rings. The molecule has 1 aliphatic heterocycles. The van der Waals surface area contributed by atoms with E-state index in [2.05, 4.69) is 5.32 Å². The summed E-state index contributed by atoms with van der Waals surface area (Å²) >= 11 is 1.41. The third kappa shape index (κ3) is 2.63. The maximum Gasteiger partial charge on any atom is 0.277 e. The highest BCUT2D eigenvalue weighted by Gasteiger charge is 2.37. The Morgan fingerprint density at radius 1 is 1.08 bits per heavy atom. The van der Waals surface area contributed by atoms with Crippen LogP contribution >= 0.6 is 11.3 Å². The molecule has 0 aliphatic carbocycles. The molecule has 3 rings (SSSR count). The van der Waals surface area contributed by atoms with Crippen LogP contribution in [0.1, 0.15) is 4.88 Å². The van der Waals surface area contributed by atoms with Crippen LogP contribution in [0.3, 0.4) is 0 Å². The van der Waals surface area contributed by atoms with Crippen LogP contribution < -0.4 is 14.8 Å². The van der Waals surface area contributed by atoms with E-state index in [9.17, 15) is 9.59 Å². The number of hydrogen-bond donors (Lipinski definition) is 1. The van der Waals surface area contributed by atoms with Gasteiger partial charge in [-0.25, -0.2) is 0 Å². The first kappa shape index (κ1) is 16.1. The Morgan fingerprint density at radius 3 is 2.50 bits per heavy atom. The van der Waals surface area contributed by atoms with E-state index in [1.807, 2.05) is 17.5 Å². The van der Waals surface area contributed by atoms with Crippen LogP contribution in [0, 0.1) is 0 Å². The Hall–Kier alpha value is -2.80. The molecular weight excluding hydrogens is 328 g/mol. The van der Waals surface area contributed by atoms with E-state index in [4.69, 9.17) is 9.47 Å². The number of nitrogens with zero attached hydrogens (tertiary/aromatic N) is 1. The minimum Gasteiger partial charge on any atom is -0.497 e. The third-order valence-corrected chi connectivity index (χ3v) is 4.61. The number of methoxy groups -OCH3 is 2. The lowest BCUT2D eigenvalue weighted by Crippen LogP contribution is -2.27. The average Bonchev–Trinajstić information content (AvgIpc) is 3.19. The molecule has 0 saturated heterocycles. The smallest absolute Gasteiger partial charge is 0.277 e. The maximum absolute atomic E-state index is 12.5. The average molecular weight is 344 g/mol. The van der Waals surface area contributed by atoms with Gasteiger partial charge in [-0.05, 0) is 23.6 Å². The van der Waals surface area contributed by atoms with Crippen molar-refractivity contribution >= 4 is 34.4 Å². The first-order valence-electron chi connectivity index (χ1n) is 7.16. The molecule has 0 atom stereocenters. The number of likely N-dealkylation sites (N-methyl/N-ethyl adjacent to an activating group) is 1. The topological polar surface area (TPSA) is 67.9 Å². The molecule has 2 heterocycles. The zero-order valence-corrected chi connectivity index (χ0v) is 14.3. The van der Waals surface area contributed by atoms with Gasteiger partial charge in [0.2, 0.25) is 0 Å². The molecule has 0 bridgehead atoms. The fraction of sp³-hybridized carbons (Fsp3) is 0.176. The van der Waals surface area contributed by atoms with Gasteiger partial charge in [0, 0.05) is 18.0 Å². The van der Waals surface area contributed by atoms with Crippen LogP contribution in [0.15, 0.2) is 41.4 Å². The standard InChI is InChI=1S/C17H16N2O4S/c1-19-16(20)14(13-5-4-8-24-13)15(17(19)21)18-11-9-10(22-2)6-7-12(11)23-3/h4-9,18H,1-3H3. The Labute approximate surface area is 143 Å². The zero-order chi connectivity index (χ0) is 17.3. The summed E-state index contributed by atoms with van der Waals surface area (Å²) in [5.41, 5.74) is 1.15. The second-order valence-electron chi connectivity index (χ2n) is 5.09. The Kier molecular flexibility index (Phi) is 4.26. The van der Waals surface area contributed by atoms with Crippen LogP contribution in [0.25, 0.3) is 5.57 Å². The lowest BCUT2D eigenvalue weighted by atomic mass is 10.1. The second kappa shape index (κ2) is 6.37. The predicted octanol–water partition coefficient (Wildman–Crippen LogP) is 2.59. The first-order chi connectivity index (χ1) is 11.6. The molecule has 0 spiro atoms. The molecule has 0 saturated carbocycles. The second-order valence-corrected chi connectivity index (χ2v) is 6.04. The van der Waals surface area contributed by atoms with Crippen molar-refractivity contribution in [2.75, 3.05) is 26.6 Å². The molecule has 0 radical (unpaired) electrons. The number of thiophene rings is 1. The van der Waals surface area contributed by atoms with Crippen LogP contribution in [-0.2, 0) is 9.59 Å². The highest BCUT2D eigenvalue weighted by Crippen LogP contribution is 2.35. The molecule has 7 heteroatoms. The number of hydrogen-bond acceptors (Lipinski definition) is 6. The summed E-state index contributed by atoms with van der Waals surface area (Å²) < 4.78 is 10.5. The molecule has 6 nitrogen and oxygen atoms in total. The Balaban J connectivity index is 2.09. The number of amides is 2. The molecule has 0 unspecified atom stereocenters. The fourth-order valence-corrected chi connectivity index (χ4v) is 3.22. The van der Waals surface area contributed by atoms with Gasteiger partial charge in [-0.3, -0.25) is 14.5 Å². The van der Waals surface area contributed by atoms with Gasteiger partial charge in [0.25, 0.3) is 11.8 Å². The predicted molar refractivity (Wildman–Crippen MR) is 92.2 cm³/mol. The van der Waals surface area contributed by atoms with Gasteiger partial charge >= 0.3 is 0 Å². The summed E-state index contributed by atoms with van der Waals surface area (Å²) in [6.07, 6.45) is 0. The van der Waals surface area contributed by atoms with Crippen LogP contribution in [0.5, 0.6) is 11.5 Å². The largest absolute Gasteiger partial charge is 0.497 e. The van der Waals surface area contributed by atoms with Gasteiger partial charge in [-0.1, -0.05) is 6.07 Å². The number of ether oxygens (including phenoxy) is 2. The molecule has 1 aromatic carbocycles. The van der Waals surface area contributed by atoms with Gasteiger partial charge < -0.3 is 14.8 Å². The van der Waals surface area contributed by atoms with Gasteiger partial charge in [0.05, 0.1) is 25.5 Å². The van der Waals surface area contributed by atoms with Crippen molar-refractivity contribution in [1.82, 2.24) is 4.90 Å². The zero-order valence-electron chi connectivity index (χ0n) is 13.5. The minimum atomic E-state index is -0.381. The van der Waals surface area contributed by atoms with Crippen molar-refractivity contribution in [3.63, 3.8) is 0 Å². The summed E-state index contributed by atoms with van der Waals surface area (Å²) in [5.74, 6) is 0.449. The van der Waals surface area contributed by atoms with Gasteiger partial charge in [-0.2, -0.15) is 0 Å². The number of imide groups is 1. The van der Waals surface area contributed by atoms with Crippen molar-refractivity contribution in [3.05, 3.63) is 46.3 Å². The molecule has 0 fully saturated rings. The summed E-state index contributed by atoms with van der Waals surface area (Å²) in [7, 11) is 4.56. The number of nitrogens with one attached hydrogen (secondary N) is 1. The van der Waals surface area contributed by atoms with E-state index in [1.165, 1.54) is 25.5 Å². The van der Waals surface area contributed by atoms with Crippen molar-refractivity contribution in [3.8, 4) is 11.5 Å². The van der Waals surface area contributed by atoms with Crippen molar-refractivity contribution in [2.45, 2.75) is 0 Å². The van der Waals surface area contributed by atoms with Crippen LogP contribution in [0.4, 0.5) is 5.69 Å². The van der Waals surface area contributed by atoms with E-state index < -0.39 is 0 Å². The van der Waals surface area contributed by atoms with E-state index in [0.29, 0.717) is 22.8 Å². The number of carbonyl (C=O) groups is 2. The van der Waals surface area contributed by atoms with E-state index in [-0.39, 0.29) is 17.5 Å². The molecular formula is C17H16N2O4S. The number of benzene rings is 1. The van der Waals surface area contributed by atoms with Crippen LogP contribution in [0.2, 0.25) is 0 Å². The fourth-order valence-electron chi connectivity index (χ4n) is 2.45. The number of carbonyl (C=O) groups excluding carboxylic acids is 2. The third-order valence-electron chi connectivity index (χ3n) is 3.72. The summed E-state index contributed by atoms with van der Waals surface area (Å²) in [4.78, 5) is 26.8. The van der Waals surface area contributed by atoms with Crippen molar-refractivity contribution in [1.29, 1.82) is 0 Å². The molecule has 2 aromatic rings. The van der Waals surface area contributed by atoms with Crippen LogP contribution in [-0.4, -0.2) is 38.0 Å². The molecule has 124 valence electrons. The summed E-state index contributed by atoms with van der Waals surface area (Å²) in [6, 6.07) is 8.86. The molecule has 2 amide bonds. The lowest BCUT2D eigenvalue weighted by molar-refractivity contribution is -0.135. The molecule has 1 N–H and O–H groups in total. The quantitative estimate of drug-likeness (QED) is 0.845. The SMILES string of the molecule is COc1ccc(OC)c(NC2=C(c3cccs3)C(=O)N(C)C2=O)c1. The van der Waals surface area contributed by atoms with Gasteiger partial charge in [0.1, 0.15) is 17.2 Å². The Bertz CT molecular complexity index is 827. The first-order valence-corrected chi connectivity index (χ1v) is 8.04. The summed E-state index contributed by atoms with van der Waals surface area (Å²) in [5, 5.41) is 4.92. The number of anilines is 1. The highest BCUT2D eigenvalue weighted by atomic mass is 32.1. The Morgan fingerprint density at radius 2 is 1.88 bits per heavy atom.